The highest BCUT2D eigenvalue weighted by Gasteiger charge is 2.30. The molecule has 2 aromatic heterocycles. The minimum absolute atomic E-state index is 0.0209. The number of benzene rings is 1. The summed E-state index contributed by atoms with van der Waals surface area (Å²) in [6.07, 6.45) is -4.71. The number of alkyl halides is 5. The van der Waals surface area contributed by atoms with Gasteiger partial charge in [0, 0.05) is 11.8 Å². The van der Waals surface area contributed by atoms with Gasteiger partial charge in [-0.2, -0.15) is 18.3 Å². The lowest BCUT2D eigenvalue weighted by Gasteiger charge is -2.07. The molecule has 0 saturated heterocycles. The number of aromatic nitrogens is 3. The Bertz CT molecular complexity index is 805. The van der Waals surface area contributed by atoms with Crippen molar-refractivity contribution in [1.82, 2.24) is 14.6 Å². The van der Waals surface area contributed by atoms with E-state index in [1.165, 1.54) is 28.9 Å². The number of halogens is 5. The molecule has 3 rings (SSSR count). The lowest BCUT2D eigenvalue weighted by atomic mass is 10.1. The fraction of sp³-hybridized carbons (Fsp3) is 0.143. The van der Waals surface area contributed by atoms with Crippen molar-refractivity contribution in [2.24, 2.45) is 0 Å². The molecule has 0 amide bonds. The van der Waals surface area contributed by atoms with Crippen LogP contribution >= 0.6 is 0 Å². The fourth-order valence-corrected chi connectivity index (χ4v) is 2.03. The maximum atomic E-state index is 12.8. The molecular formula is C14H8F5N3. The van der Waals surface area contributed by atoms with Crippen molar-refractivity contribution in [2.45, 2.75) is 12.6 Å². The Morgan fingerprint density at radius 3 is 2.27 bits per heavy atom. The van der Waals surface area contributed by atoms with E-state index in [-0.39, 0.29) is 11.2 Å². The van der Waals surface area contributed by atoms with Crippen LogP contribution in [0.25, 0.3) is 16.9 Å². The van der Waals surface area contributed by atoms with Crippen LogP contribution in [0.1, 0.15) is 17.6 Å². The molecule has 0 fully saturated rings. The number of rotatable bonds is 2. The third-order valence-corrected chi connectivity index (χ3v) is 3.14. The summed E-state index contributed by atoms with van der Waals surface area (Å²) >= 11 is 0. The smallest absolute Gasteiger partial charge is 0.228 e. The first-order valence-corrected chi connectivity index (χ1v) is 6.16. The summed E-state index contributed by atoms with van der Waals surface area (Å²) in [6.45, 7) is 0. The Hall–Kier alpha value is -2.51. The fourth-order valence-electron chi connectivity index (χ4n) is 2.03. The highest BCUT2D eigenvalue weighted by Crippen LogP contribution is 2.31. The standard InChI is InChI=1S/C14H8F5N3/c15-12(16)10-7-20-22-6-5-11(21-13(10)22)8-1-3-9(4-2-8)14(17,18)19/h1-7,12H. The molecule has 2 heterocycles. The lowest BCUT2D eigenvalue weighted by molar-refractivity contribution is -0.137. The summed E-state index contributed by atoms with van der Waals surface area (Å²) in [4.78, 5) is 4.06. The summed E-state index contributed by atoms with van der Waals surface area (Å²) in [5.74, 6) is 0. The van der Waals surface area contributed by atoms with Crippen molar-refractivity contribution in [3.63, 3.8) is 0 Å². The molecule has 114 valence electrons. The second kappa shape index (κ2) is 5.04. The molecule has 0 spiro atoms. The zero-order chi connectivity index (χ0) is 15.9. The van der Waals surface area contributed by atoms with Crippen molar-refractivity contribution in [2.75, 3.05) is 0 Å². The Balaban J connectivity index is 2.04. The van der Waals surface area contributed by atoms with E-state index < -0.39 is 18.2 Å². The first kappa shape index (κ1) is 14.4. The van der Waals surface area contributed by atoms with Gasteiger partial charge in [-0.3, -0.25) is 0 Å². The van der Waals surface area contributed by atoms with Crippen LogP contribution in [-0.4, -0.2) is 14.6 Å². The Morgan fingerprint density at radius 2 is 1.68 bits per heavy atom. The molecule has 0 radical (unpaired) electrons. The molecule has 0 aliphatic rings. The maximum absolute atomic E-state index is 12.8. The van der Waals surface area contributed by atoms with Crippen LogP contribution in [-0.2, 0) is 6.18 Å². The lowest BCUT2D eigenvalue weighted by Crippen LogP contribution is -2.04. The molecule has 0 unspecified atom stereocenters. The zero-order valence-corrected chi connectivity index (χ0v) is 10.9. The van der Waals surface area contributed by atoms with Crippen molar-refractivity contribution < 1.29 is 22.0 Å². The molecule has 0 aliphatic carbocycles. The second-order valence-electron chi connectivity index (χ2n) is 4.56. The van der Waals surface area contributed by atoms with Gasteiger partial charge < -0.3 is 0 Å². The Morgan fingerprint density at radius 1 is 1.00 bits per heavy atom. The molecule has 8 heteroatoms. The predicted octanol–water partition coefficient (Wildman–Crippen LogP) is 4.35. The summed E-state index contributed by atoms with van der Waals surface area (Å²) < 4.78 is 64.4. The van der Waals surface area contributed by atoms with Crippen molar-refractivity contribution >= 4 is 5.65 Å². The molecule has 1 aromatic carbocycles. The molecule has 0 saturated carbocycles. The minimum Gasteiger partial charge on any atom is -0.228 e. The highest BCUT2D eigenvalue weighted by atomic mass is 19.4. The Kier molecular flexibility index (Phi) is 3.31. The van der Waals surface area contributed by atoms with Gasteiger partial charge in [-0.1, -0.05) is 12.1 Å². The number of fused-ring (bicyclic) bond motifs is 1. The molecule has 3 aromatic rings. The van der Waals surface area contributed by atoms with E-state index in [0.29, 0.717) is 11.3 Å². The predicted molar refractivity (Wildman–Crippen MR) is 68.4 cm³/mol. The van der Waals surface area contributed by atoms with E-state index in [4.69, 9.17) is 0 Å². The van der Waals surface area contributed by atoms with Gasteiger partial charge in [-0.05, 0) is 18.2 Å². The highest BCUT2D eigenvalue weighted by molar-refractivity contribution is 5.63. The zero-order valence-electron chi connectivity index (χ0n) is 10.9. The van der Waals surface area contributed by atoms with E-state index in [9.17, 15) is 22.0 Å². The van der Waals surface area contributed by atoms with Crippen molar-refractivity contribution in [3.05, 3.63) is 53.9 Å². The van der Waals surface area contributed by atoms with Gasteiger partial charge in [0.05, 0.1) is 23.0 Å². The van der Waals surface area contributed by atoms with Gasteiger partial charge >= 0.3 is 6.18 Å². The van der Waals surface area contributed by atoms with Crippen molar-refractivity contribution in [3.8, 4) is 11.3 Å². The average Bonchev–Trinajstić information content (AvgIpc) is 2.89. The van der Waals surface area contributed by atoms with Gasteiger partial charge in [-0.25, -0.2) is 18.3 Å². The van der Waals surface area contributed by atoms with E-state index in [1.54, 1.807) is 0 Å². The second-order valence-corrected chi connectivity index (χ2v) is 4.56. The quantitative estimate of drug-likeness (QED) is 0.658. The minimum atomic E-state index is -4.43. The molecule has 0 bridgehead atoms. The summed E-state index contributed by atoms with van der Waals surface area (Å²) in [7, 11) is 0. The summed E-state index contributed by atoms with van der Waals surface area (Å²) in [6, 6.07) is 5.84. The van der Waals surface area contributed by atoms with Crippen LogP contribution in [0.2, 0.25) is 0 Å². The van der Waals surface area contributed by atoms with Crippen LogP contribution in [0.4, 0.5) is 22.0 Å². The van der Waals surface area contributed by atoms with E-state index in [1.807, 2.05) is 0 Å². The first-order chi connectivity index (χ1) is 10.4. The Labute approximate surface area is 121 Å². The molecule has 0 atom stereocenters. The van der Waals surface area contributed by atoms with E-state index >= 15 is 0 Å². The third kappa shape index (κ3) is 2.51. The molecular weight excluding hydrogens is 305 g/mol. The molecule has 3 nitrogen and oxygen atoms in total. The van der Waals surface area contributed by atoms with Crippen LogP contribution in [0, 0.1) is 0 Å². The van der Waals surface area contributed by atoms with Crippen LogP contribution in [0.15, 0.2) is 42.7 Å². The number of hydrogen-bond acceptors (Lipinski definition) is 2. The SMILES string of the molecule is FC(F)c1cnn2ccc(-c3ccc(C(F)(F)F)cc3)nc12. The molecule has 22 heavy (non-hydrogen) atoms. The molecule has 0 N–H and O–H groups in total. The van der Waals surface area contributed by atoms with Crippen LogP contribution in [0.3, 0.4) is 0 Å². The van der Waals surface area contributed by atoms with Crippen LogP contribution in [0.5, 0.6) is 0 Å². The number of hydrogen-bond donors (Lipinski definition) is 0. The van der Waals surface area contributed by atoms with E-state index in [2.05, 4.69) is 10.1 Å². The van der Waals surface area contributed by atoms with Crippen molar-refractivity contribution in [1.29, 1.82) is 0 Å². The largest absolute Gasteiger partial charge is 0.416 e. The van der Waals surface area contributed by atoms with Gasteiger partial charge in [0.2, 0.25) is 0 Å². The topological polar surface area (TPSA) is 30.2 Å². The van der Waals surface area contributed by atoms with E-state index in [0.717, 1.165) is 18.3 Å². The van der Waals surface area contributed by atoms with Gasteiger partial charge in [0.25, 0.3) is 6.43 Å². The maximum Gasteiger partial charge on any atom is 0.416 e. The van der Waals surface area contributed by atoms with Gasteiger partial charge in [-0.15, -0.1) is 0 Å². The van der Waals surface area contributed by atoms with Gasteiger partial charge in [0.1, 0.15) is 0 Å². The van der Waals surface area contributed by atoms with Gasteiger partial charge in [0.15, 0.2) is 5.65 Å². The average molecular weight is 313 g/mol. The first-order valence-electron chi connectivity index (χ1n) is 6.16. The number of nitrogens with zero attached hydrogens (tertiary/aromatic N) is 3. The van der Waals surface area contributed by atoms with Crippen LogP contribution < -0.4 is 0 Å². The monoisotopic (exact) mass is 313 g/mol. The third-order valence-electron chi connectivity index (χ3n) is 3.14. The summed E-state index contributed by atoms with van der Waals surface area (Å²) in [5.41, 5.74) is -0.434. The molecule has 0 aliphatic heterocycles. The normalized spacial score (nSPS) is 12.3. The summed E-state index contributed by atoms with van der Waals surface area (Å²) in [5, 5.41) is 3.75.